The minimum absolute atomic E-state index is 0.0410. The van der Waals surface area contributed by atoms with Crippen molar-refractivity contribution in [2.24, 2.45) is 17.6 Å². The van der Waals surface area contributed by atoms with Crippen LogP contribution >= 0.6 is 0 Å². The molecule has 4 rings (SSSR count). The molecule has 576 valence electrons. The number of unbranched alkanes of at least 4 members (excludes halogenated alkanes) is 8. The molecular weight excluding hydrogens is 1370 g/mol. The summed E-state index contributed by atoms with van der Waals surface area (Å²) in [5, 5.41) is 67.8. The zero-order valence-corrected chi connectivity index (χ0v) is 59.4. The normalized spacial score (nSPS) is 23.3. The van der Waals surface area contributed by atoms with Crippen molar-refractivity contribution in [1.82, 2.24) is 68.3 Å². The first-order valence-electron chi connectivity index (χ1n) is 35.0. The molecule has 0 saturated carbocycles. The molecule has 0 aromatic heterocycles. The van der Waals surface area contributed by atoms with Crippen molar-refractivity contribution in [2.45, 2.75) is 230 Å². The Bertz CT molecular complexity index is 3280. The van der Waals surface area contributed by atoms with Crippen LogP contribution in [0.15, 0.2) is 24.3 Å². The van der Waals surface area contributed by atoms with Gasteiger partial charge in [-0.3, -0.25) is 86.3 Å². The maximum absolute atomic E-state index is 15.4. The number of carboxylic acids is 4. The van der Waals surface area contributed by atoms with E-state index in [0.29, 0.717) is 24.1 Å². The number of anilines is 1. The Morgan fingerprint density at radius 2 is 1.07 bits per heavy atom. The van der Waals surface area contributed by atoms with Gasteiger partial charge in [-0.2, -0.15) is 0 Å². The molecule has 1 aromatic carbocycles. The summed E-state index contributed by atoms with van der Waals surface area (Å²) in [6.07, 6.45) is 6.31. The van der Waals surface area contributed by atoms with Crippen molar-refractivity contribution >= 4 is 112 Å². The van der Waals surface area contributed by atoms with Crippen LogP contribution in [0.3, 0.4) is 0 Å². The number of rotatable bonds is 28. The molecule has 0 aliphatic carbocycles. The lowest BCUT2D eigenvalue weighted by Crippen LogP contribution is -2.66. The molecule has 0 radical (unpaired) electrons. The van der Waals surface area contributed by atoms with E-state index in [1.165, 1.54) is 65.5 Å². The van der Waals surface area contributed by atoms with Crippen LogP contribution in [0.5, 0.6) is 0 Å². The molecule has 0 bridgehead atoms. The van der Waals surface area contributed by atoms with E-state index in [0.717, 1.165) is 42.4 Å². The van der Waals surface area contributed by atoms with Gasteiger partial charge in [0.25, 0.3) is 0 Å². The molecule has 1 aromatic rings. The van der Waals surface area contributed by atoms with Gasteiger partial charge in [0.2, 0.25) is 82.7 Å². The molecule has 14 amide bonds. The topological polar surface area (TPSA) is 565 Å². The Labute approximate surface area is 600 Å². The quantitative estimate of drug-likeness (QED) is 0.0369. The number of carbonyl (C=O) groups excluding carboxylic acids is 14. The first-order chi connectivity index (χ1) is 49.1. The lowest BCUT2D eigenvalue weighted by molar-refractivity contribution is -0.150. The molecule has 3 aliphatic rings. The number of hydrogen-bond donors (Lipinski definition) is 17. The summed E-state index contributed by atoms with van der Waals surface area (Å²) in [6.45, 7) is 5.48. The summed E-state index contributed by atoms with van der Waals surface area (Å²) in [7, 11) is 0. The van der Waals surface area contributed by atoms with Gasteiger partial charge < -0.3 is 99.8 Å². The second-order valence-electron chi connectivity index (χ2n) is 26.5. The average molecular weight is 1470 g/mol. The summed E-state index contributed by atoms with van der Waals surface area (Å²) < 4.78 is 0. The van der Waals surface area contributed by atoms with E-state index >= 15 is 4.79 Å². The summed E-state index contributed by atoms with van der Waals surface area (Å²) in [5.41, 5.74) is 6.32. The second kappa shape index (κ2) is 42.9. The van der Waals surface area contributed by atoms with Gasteiger partial charge in [0, 0.05) is 25.2 Å². The third-order valence-corrected chi connectivity index (χ3v) is 17.8. The summed E-state index contributed by atoms with van der Waals surface area (Å²) in [6, 6.07) is -13.4. The number of amides is 14. The fourth-order valence-corrected chi connectivity index (χ4v) is 12.0. The van der Waals surface area contributed by atoms with Crippen LogP contribution in [-0.4, -0.2) is 236 Å². The van der Waals surface area contributed by atoms with Crippen molar-refractivity contribution in [3.8, 4) is 0 Å². The van der Waals surface area contributed by atoms with E-state index < -0.39 is 224 Å². The van der Waals surface area contributed by atoms with Crippen molar-refractivity contribution in [2.75, 3.05) is 38.0 Å². The van der Waals surface area contributed by atoms with Crippen molar-refractivity contribution in [1.29, 1.82) is 0 Å². The molecular formula is C67H101N15O22. The Hall–Kier alpha value is -10.4. The van der Waals surface area contributed by atoms with Crippen molar-refractivity contribution < 1.29 is 107 Å². The fourth-order valence-electron chi connectivity index (χ4n) is 12.0. The molecule has 3 saturated heterocycles. The van der Waals surface area contributed by atoms with Gasteiger partial charge in [0.05, 0.1) is 63.3 Å². The first-order valence-corrected chi connectivity index (χ1v) is 35.0. The molecule has 12 atom stereocenters. The maximum Gasteiger partial charge on any atom is 0.308 e. The average Bonchev–Trinajstić information content (AvgIpc) is 1.54. The van der Waals surface area contributed by atoms with Gasteiger partial charge in [0.1, 0.15) is 54.4 Å². The number of nitrogens with one attached hydrogen (secondary N) is 12. The lowest BCUT2D eigenvalue weighted by Gasteiger charge is -2.39. The number of aliphatic carboxylic acids is 4. The number of benzene rings is 1. The zero-order valence-electron chi connectivity index (χ0n) is 59.4. The van der Waals surface area contributed by atoms with Crippen LogP contribution in [0.1, 0.15) is 163 Å². The Morgan fingerprint density at radius 3 is 1.62 bits per heavy atom. The number of nitrogens with two attached hydrogens (primary N) is 1. The van der Waals surface area contributed by atoms with Crippen LogP contribution < -0.4 is 69.5 Å². The molecule has 12 unspecified atom stereocenters. The molecule has 37 nitrogen and oxygen atoms in total. The number of nitrogens with zero attached hydrogens (tertiary/aromatic N) is 2. The van der Waals surface area contributed by atoms with Gasteiger partial charge in [0.15, 0.2) is 0 Å². The SMILES string of the molecule is CCCCCCCCCCCC(=O)Nc1ccc(CC(=O)NC(CC(=O)O)C(=O)NC2C(=O)N3CCCCC3C(=O)NC(C(C)C(=O)O)C(=O)NC(CC(=O)O)C(=O)NCC(=O)NC(CC(=O)O)C(=O)NCC(=O)NC(C(C)NC(=O)CN)C(=O)NC(C(C)C)C(=O)N3CCCC3C(=O)NC2C)cc1. The van der Waals surface area contributed by atoms with Gasteiger partial charge in [-0.1, -0.05) is 84.3 Å². The smallest absolute Gasteiger partial charge is 0.308 e. The van der Waals surface area contributed by atoms with E-state index in [1.54, 1.807) is 12.1 Å². The minimum atomic E-state index is -2.19. The Kier molecular flexibility index (Phi) is 35.5. The van der Waals surface area contributed by atoms with E-state index in [2.05, 4.69) is 54.8 Å². The van der Waals surface area contributed by atoms with Crippen LogP contribution in [0.25, 0.3) is 0 Å². The van der Waals surface area contributed by atoms with Gasteiger partial charge >= 0.3 is 23.9 Å². The fraction of sp³-hybridized carbons (Fsp3) is 0.642. The molecule has 3 fully saturated rings. The minimum Gasteiger partial charge on any atom is -0.481 e. The third-order valence-electron chi connectivity index (χ3n) is 17.8. The van der Waals surface area contributed by atoms with Crippen LogP contribution in [0.4, 0.5) is 5.69 Å². The monoisotopic (exact) mass is 1470 g/mol. The molecule has 18 N–H and O–H groups in total. The molecule has 104 heavy (non-hydrogen) atoms. The second-order valence-corrected chi connectivity index (χ2v) is 26.5. The summed E-state index contributed by atoms with van der Waals surface area (Å²) in [4.78, 5) is 247. The number of fused-ring (bicyclic) bond motifs is 2. The summed E-state index contributed by atoms with van der Waals surface area (Å²) >= 11 is 0. The molecule has 3 aliphatic heterocycles. The predicted molar refractivity (Wildman–Crippen MR) is 367 cm³/mol. The zero-order chi connectivity index (χ0) is 77.5. The van der Waals surface area contributed by atoms with Crippen LogP contribution in [-0.2, 0) is 92.7 Å². The van der Waals surface area contributed by atoms with Crippen LogP contribution in [0, 0.1) is 11.8 Å². The first kappa shape index (κ1) is 86.0. The number of hydrogen-bond acceptors (Lipinski definition) is 19. The van der Waals surface area contributed by atoms with E-state index in [-0.39, 0.29) is 51.1 Å². The number of piperidine rings is 1. The van der Waals surface area contributed by atoms with Crippen LogP contribution in [0.2, 0.25) is 0 Å². The van der Waals surface area contributed by atoms with Gasteiger partial charge in [-0.05, 0) is 82.9 Å². The highest BCUT2D eigenvalue weighted by atomic mass is 16.4. The van der Waals surface area contributed by atoms with Crippen molar-refractivity contribution in [3.63, 3.8) is 0 Å². The van der Waals surface area contributed by atoms with Gasteiger partial charge in [-0.15, -0.1) is 0 Å². The molecule has 3 heterocycles. The predicted octanol–water partition coefficient (Wildman–Crippen LogP) is -3.13. The lowest BCUT2D eigenvalue weighted by atomic mass is 9.96. The van der Waals surface area contributed by atoms with Crippen molar-refractivity contribution in [3.05, 3.63) is 29.8 Å². The number of carboxylic acid groups (broad SMARTS) is 4. The Morgan fingerprint density at radius 1 is 0.548 bits per heavy atom. The third kappa shape index (κ3) is 28.1. The van der Waals surface area contributed by atoms with E-state index in [4.69, 9.17) is 5.73 Å². The summed E-state index contributed by atoms with van der Waals surface area (Å²) in [5.74, 6) is -24.6. The number of carbonyl (C=O) groups is 18. The Balaban J connectivity index is 1.77. The molecule has 0 spiro atoms. The standard InChI is InChI=1S/C67H101N15O22/c1-7-8-9-10-11-12-13-14-15-21-46(83)73-40-24-22-39(23-25-40)28-47(84)74-43(31-53(92)93)60(96)80-57-38(6)72-61(97)45-20-18-27-82(45)65(101)54(35(2)3)78-64(100)56(37(5)71-48(85)32-68)77-50(87)34-70-58(94)41(29-51(88)89)75-49(86)33-69-59(95)42(30-52(90)91)76-63(99)55(36(4)67(103)104)79-62(98)44-19-16-17-26-81(44)66(57)102/h22-25,35-38,41-45,54-57H,7-21,26-34,68H2,1-6H3,(H,69,95)(H,70,94)(H,71,85)(H,72,97)(H,73,83)(H,74,84)(H,75,86)(H,76,99)(H,77,87)(H,78,100)(H,79,98)(H,80,96)(H,88,89)(H,90,91)(H,92,93)(H,103,104). The van der Waals surface area contributed by atoms with E-state index in [9.17, 15) is 102 Å². The highest BCUT2D eigenvalue weighted by Crippen LogP contribution is 2.24. The maximum atomic E-state index is 15.4. The van der Waals surface area contributed by atoms with Gasteiger partial charge in [-0.25, -0.2) is 0 Å². The molecule has 37 heteroatoms. The highest BCUT2D eigenvalue weighted by Gasteiger charge is 2.45. The highest BCUT2D eigenvalue weighted by molar-refractivity contribution is 6.02. The largest absolute Gasteiger partial charge is 0.481 e. The van der Waals surface area contributed by atoms with E-state index in [1.807, 2.05) is 16.0 Å².